The zero-order valence-electron chi connectivity index (χ0n) is 19.5. The third-order valence-electron chi connectivity index (χ3n) is 5.26. The zero-order valence-corrected chi connectivity index (χ0v) is 20.3. The van der Waals surface area contributed by atoms with E-state index in [0.717, 1.165) is 36.5 Å². The number of benzene rings is 1. The van der Waals surface area contributed by atoms with Gasteiger partial charge in [0, 0.05) is 41.5 Å². The highest BCUT2D eigenvalue weighted by Crippen LogP contribution is 2.29. The van der Waals surface area contributed by atoms with Crippen molar-refractivity contribution in [3.63, 3.8) is 0 Å². The van der Waals surface area contributed by atoms with Gasteiger partial charge in [-0.3, -0.25) is 9.98 Å². The van der Waals surface area contributed by atoms with Gasteiger partial charge in [-0.05, 0) is 75.1 Å². The average molecular weight is 461 g/mol. The molecule has 0 unspecified atom stereocenters. The SMILES string of the molecule is C=NCc1ccoc1.C=Nc1sc(C)cc1CNCCCc1ccc(-c2cccn2C)cc1. The van der Waals surface area contributed by atoms with Gasteiger partial charge in [0.15, 0.2) is 0 Å². The Hall–Kier alpha value is -3.22. The van der Waals surface area contributed by atoms with Gasteiger partial charge < -0.3 is 14.3 Å². The predicted molar refractivity (Wildman–Crippen MR) is 141 cm³/mol. The number of hydrogen-bond donors (Lipinski definition) is 1. The number of aromatic nitrogens is 1. The lowest BCUT2D eigenvalue weighted by Crippen LogP contribution is -2.15. The quantitative estimate of drug-likeness (QED) is 0.214. The van der Waals surface area contributed by atoms with E-state index in [1.807, 2.05) is 6.07 Å². The van der Waals surface area contributed by atoms with Crippen molar-refractivity contribution < 1.29 is 4.42 Å². The molecule has 0 saturated carbocycles. The maximum atomic E-state index is 4.78. The largest absolute Gasteiger partial charge is 0.472 e. The Bertz CT molecular complexity index is 1120. The molecule has 0 saturated heterocycles. The number of aryl methyl sites for hydroxylation is 3. The molecular weight excluding hydrogens is 428 g/mol. The first kappa shape index (κ1) is 24.4. The van der Waals surface area contributed by atoms with Crippen LogP contribution < -0.4 is 5.32 Å². The van der Waals surface area contributed by atoms with E-state index in [9.17, 15) is 0 Å². The molecule has 0 fully saturated rings. The molecule has 3 aromatic heterocycles. The van der Waals surface area contributed by atoms with E-state index in [0.29, 0.717) is 6.54 Å². The standard InChI is InChI=1S/C21H25N3S.C6H7NO/c1-16-14-19(21(22-2)25-16)15-23-12-4-6-17-8-10-18(11-9-17)20-7-5-13-24(20)3;1-7-4-6-2-3-8-5-6/h5,7-11,13-14,23H,2,4,6,12,15H2,1,3H3;2-3,5H,1,4H2. The fourth-order valence-corrected chi connectivity index (χ4v) is 4.40. The van der Waals surface area contributed by atoms with Crippen molar-refractivity contribution in [3.05, 3.63) is 88.8 Å². The summed E-state index contributed by atoms with van der Waals surface area (Å²) in [5.41, 5.74) is 6.24. The molecule has 0 spiro atoms. The van der Waals surface area contributed by atoms with Gasteiger partial charge in [0.1, 0.15) is 5.00 Å². The number of furan rings is 1. The molecular formula is C27H32N4OS. The van der Waals surface area contributed by atoms with Crippen molar-refractivity contribution in [2.24, 2.45) is 17.0 Å². The Labute approximate surface area is 200 Å². The molecule has 0 radical (unpaired) electrons. The normalized spacial score (nSPS) is 10.5. The Morgan fingerprint density at radius 1 is 1.09 bits per heavy atom. The van der Waals surface area contributed by atoms with Crippen LogP contribution in [0.1, 0.15) is 28.0 Å². The minimum absolute atomic E-state index is 0.649. The van der Waals surface area contributed by atoms with E-state index in [4.69, 9.17) is 4.42 Å². The van der Waals surface area contributed by atoms with Crippen LogP contribution in [0.25, 0.3) is 11.3 Å². The Morgan fingerprint density at radius 2 is 1.91 bits per heavy atom. The average Bonchev–Trinajstić information content (AvgIpc) is 3.56. The molecule has 172 valence electrons. The Balaban J connectivity index is 0.000000323. The van der Waals surface area contributed by atoms with E-state index < -0.39 is 0 Å². The summed E-state index contributed by atoms with van der Waals surface area (Å²) < 4.78 is 6.93. The number of nitrogens with one attached hydrogen (secondary N) is 1. The molecule has 33 heavy (non-hydrogen) atoms. The molecule has 5 nitrogen and oxygen atoms in total. The third-order valence-corrected chi connectivity index (χ3v) is 6.28. The molecule has 1 aromatic carbocycles. The van der Waals surface area contributed by atoms with E-state index in [2.05, 4.69) is 95.9 Å². The van der Waals surface area contributed by atoms with E-state index in [1.165, 1.54) is 27.3 Å². The summed E-state index contributed by atoms with van der Waals surface area (Å²) >= 11 is 1.71. The van der Waals surface area contributed by atoms with Gasteiger partial charge in [-0.2, -0.15) is 0 Å². The van der Waals surface area contributed by atoms with Crippen molar-refractivity contribution >= 4 is 29.8 Å². The molecule has 4 rings (SSSR count). The molecule has 0 amide bonds. The van der Waals surface area contributed by atoms with Crippen LogP contribution in [0.15, 0.2) is 81.7 Å². The van der Waals surface area contributed by atoms with Crippen molar-refractivity contribution in [1.29, 1.82) is 0 Å². The molecule has 0 aliphatic carbocycles. The highest BCUT2D eigenvalue weighted by atomic mass is 32.1. The van der Waals surface area contributed by atoms with E-state index in [-0.39, 0.29) is 0 Å². The fraction of sp³-hybridized carbons (Fsp3) is 0.259. The lowest BCUT2D eigenvalue weighted by molar-refractivity contribution is 0.564. The second-order valence-electron chi connectivity index (χ2n) is 7.84. The van der Waals surface area contributed by atoms with Crippen LogP contribution in [-0.2, 0) is 26.6 Å². The van der Waals surface area contributed by atoms with Crippen molar-refractivity contribution in [1.82, 2.24) is 9.88 Å². The molecule has 0 atom stereocenters. The third kappa shape index (κ3) is 7.41. The zero-order chi connectivity index (χ0) is 23.5. The van der Waals surface area contributed by atoms with Gasteiger partial charge in [-0.25, -0.2) is 0 Å². The van der Waals surface area contributed by atoms with Crippen LogP contribution in [0.3, 0.4) is 0 Å². The summed E-state index contributed by atoms with van der Waals surface area (Å²) in [7, 11) is 2.08. The summed E-state index contributed by atoms with van der Waals surface area (Å²) in [6.45, 7) is 11.6. The highest BCUT2D eigenvalue weighted by Gasteiger charge is 2.05. The minimum atomic E-state index is 0.649. The lowest BCUT2D eigenvalue weighted by Gasteiger charge is -2.07. The van der Waals surface area contributed by atoms with Crippen LogP contribution >= 0.6 is 11.3 Å². The number of aliphatic imine (C=N–C) groups is 2. The predicted octanol–water partition coefficient (Wildman–Crippen LogP) is 6.60. The van der Waals surface area contributed by atoms with Gasteiger partial charge in [-0.15, -0.1) is 11.3 Å². The molecule has 0 bridgehead atoms. The topological polar surface area (TPSA) is 54.8 Å². The van der Waals surface area contributed by atoms with Crippen molar-refractivity contribution in [2.45, 2.75) is 32.9 Å². The maximum absolute atomic E-state index is 4.78. The van der Waals surface area contributed by atoms with Gasteiger partial charge in [0.05, 0.1) is 19.1 Å². The Kier molecular flexibility index (Phi) is 9.42. The van der Waals surface area contributed by atoms with Crippen molar-refractivity contribution in [2.75, 3.05) is 6.54 Å². The first-order valence-electron chi connectivity index (χ1n) is 11.0. The van der Waals surface area contributed by atoms with Gasteiger partial charge in [0.25, 0.3) is 0 Å². The van der Waals surface area contributed by atoms with E-state index >= 15 is 0 Å². The summed E-state index contributed by atoms with van der Waals surface area (Å²) in [4.78, 5) is 9.06. The number of thiophene rings is 1. The second-order valence-corrected chi connectivity index (χ2v) is 9.08. The fourth-order valence-electron chi connectivity index (χ4n) is 3.57. The number of rotatable bonds is 10. The summed E-state index contributed by atoms with van der Waals surface area (Å²) in [5, 5.41) is 4.56. The summed E-state index contributed by atoms with van der Waals surface area (Å²) in [5.74, 6) is 0. The van der Waals surface area contributed by atoms with Gasteiger partial charge in [0.2, 0.25) is 0 Å². The van der Waals surface area contributed by atoms with Gasteiger partial charge in [-0.1, -0.05) is 24.3 Å². The summed E-state index contributed by atoms with van der Waals surface area (Å²) in [6, 6.07) is 17.2. The summed E-state index contributed by atoms with van der Waals surface area (Å²) in [6.07, 6.45) is 7.59. The highest BCUT2D eigenvalue weighted by molar-refractivity contribution is 7.15. The minimum Gasteiger partial charge on any atom is -0.472 e. The molecule has 3 heterocycles. The molecule has 1 N–H and O–H groups in total. The van der Waals surface area contributed by atoms with Crippen molar-refractivity contribution in [3.8, 4) is 11.3 Å². The molecule has 4 aromatic rings. The van der Waals surface area contributed by atoms with Gasteiger partial charge >= 0.3 is 0 Å². The smallest absolute Gasteiger partial charge is 0.119 e. The second kappa shape index (κ2) is 12.7. The Morgan fingerprint density at radius 3 is 2.55 bits per heavy atom. The number of hydrogen-bond acceptors (Lipinski definition) is 5. The maximum Gasteiger partial charge on any atom is 0.119 e. The first-order chi connectivity index (χ1) is 16.1. The van der Waals surface area contributed by atoms with Crippen LogP contribution in [-0.4, -0.2) is 24.5 Å². The monoisotopic (exact) mass is 460 g/mol. The van der Waals surface area contributed by atoms with Crippen LogP contribution in [0.5, 0.6) is 0 Å². The van der Waals surface area contributed by atoms with E-state index in [1.54, 1.807) is 23.9 Å². The van der Waals surface area contributed by atoms with Crippen LogP contribution in [0, 0.1) is 6.92 Å². The molecule has 0 aliphatic rings. The molecule has 6 heteroatoms. The van der Waals surface area contributed by atoms with Crippen LogP contribution in [0.4, 0.5) is 5.00 Å². The van der Waals surface area contributed by atoms with Crippen LogP contribution in [0.2, 0.25) is 0 Å². The lowest BCUT2D eigenvalue weighted by atomic mass is 10.1. The first-order valence-corrected chi connectivity index (χ1v) is 11.8. The number of nitrogens with zero attached hydrogens (tertiary/aromatic N) is 3. The molecule has 0 aliphatic heterocycles.